The third kappa shape index (κ3) is 2.52. The molecule has 0 spiro atoms. The van der Waals surface area contributed by atoms with Crippen molar-refractivity contribution < 1.29 is 4.39 Å². The molecule has 1 nitrogen and oxygen atoms in total. The molecule has 0 amide bonds. The molecule has 1 aromatic rings. The molecule has 0 radical (unpaired) electrons. The van der Waals surface area contributed by atoms with Crippen LogP contribution in [0.5, 0.6) is 0 Å². The summed E-state index contributed by atoms with van der Waals surface area (Å²) in [6.07, 6.45) is 4.73. The molecule has 2 N–H and O–H groups in total. The quantitative estimate of drug-likeness (QED) is 0.828. The lowest BCUT2D eigenvalue weighted by atomic mass is 9.70. The fourth-order valence-corrected chi connectivity index (χ4v) is 3.10. The lowest BCUT2D eigenvalue weighted by molar-refractivity contribution is 0.181. The molecule has 0 bridgehead atoms. The summed E-state index contributed by atoms with van der Waals surface area (Å²) >= 11 is 0. The van der Waals surface area contributed by atoms with Gasteiger partial charge in [0.15, 0.2) is 0 Å². The van der Waals surface area contributed by atoms with Gasteiger partial charge in [0.05, 0.1) is 0 Å². The fraction of sp³-hybridized carbons (Fsp3) is 0.600. The Morgan fingerprint density at radius 2 is 2.00 bits per heavy atom. The molecule has 3 atom stereocenters. The second-order valence-electron chi connectivity index (χ2n) is 5.73. The van der Waals surface area contributed by atoms with Gasteiger partial charge in [0, 0.05) is 11.1 Å². The number of rotatable bonds is 2. The normalized spacial score (nSPS) is 28.7. The van der Waals surface area contributed by atoms with Crippen molar-refractivity contribution in [2.75, 3.05) is 0 Å². The van der Waals surface area contributed by atoms with E-state index in [9.17, 15) is 4.39 Å². The van der Waals surface area contributed by atoms with E-state index in [1.165, 1.54) is 18.9 Å². The minimum Gasteiger partial charge on any atom is -0.321 e. The van der Waals surface area contributed by atoms with Gasteiger partial charge in [0.1, 0.15) is 5.82 Å². The summed E-state index contributed by atoms with van der Waals surface area (Å²) in [6.45, 7) is 4.25. The monoisotopic (exact) mass is 235 g/mol. The molecule has 0 aliphatic heterocycles. The Bertz CT molecular complexity index is 386. The maximum absolute atomic E-state index is 13.9. The van der Waals surface area contributed by atoms with Gasteiger partial charge >= 0.3 is 0 Å². The molecular formula is C15H22FN. The second-order valence-corrected chi connectivity index (χ2v) is 5.73. The van der Waals surface area contributed by atoms with Gasteiger partial charge < -0.3 is 5.73 Å². The van der Waals surface area contributed by atoms with Gasteiger partial charge in [-0.2, -0.15) is 0 Å². The smallest absolute Gasteiger partial charge is 0.128 e. The van der Waals surface area contributed by atoms with Crippen LogP contribution in [0.15, 0.2) is 24.3 Å². The van der Waals surface area contributed by atoms with Gasteiger partial charge in [-0.3, -0.25) is 0 Å². The van der Waals surface area contributed by atoms with Crippen LogP contribution in [0.2, 0.25) is 0 Å². The predicted molar refractivity (Wildman–Crippen MR) is 69.1 cm³/mol. The Hall–Kier alpha value is -0.890. The third-order valence-corrected chi connectivity index (χ3v) is 4.24. The summed E-state index contributed by atoms with van der Waals surface area (Å²) in [5.74, 6) is 0.933. The molecule has 1 aliphatic carbocycles. The molecule has 17 heavy (non-hydrogen) atoms. The Kier molecular flexibility index (Phi) is 3.53. The van der Waals surface area contributed by atoms with Crippen LogP contribution in [-0.4, -0.2) is 0 Å². The van der Waals surface area contributed by atoms with Gasteiger partial charge in [-0.15, -0.1) is 0 Å². The van der Waals surface area contributed by atoms with Gasteiger partial charge in [0.2, 0.25) is 0 Å². The van der Waals surface area contributed by atoms with Crippen molar-refractivity contribution in [3.63, 3.8) is 0 Å². The van der Waals surface area contributed by atoms with Crippen molar-refractivity contribution >= 4 is 0 Å². The summed E-state index contributed by atoms with van der Waals surface area (Å²) < 4.78 is 13.9. The van der Waals surface area contributed by atoms with E-state index >= 15 is 0 Å². The van der Waals surface area contributed by atoms with Crippen LogP contribution in [0, 0.1) is 17.7 Å². The summed E-state index contributed by atoms with van der Waals surface area (Å²) in [4.78, 5) is 0. The molecular weight excluding hydrogens is 213 g/mol. The number of hydrogen-bond acceptors (Lipinski definition) is 1. The van der Waals surface area contributed by atoms with Crippen LogP contribution < -0.4 is 5.73 Å². The van der Waals surface area contributed by atoms with Gasteiger partial charge in [0.25, 0.3) is 0 Å². The van der Waals surface area contributed by atoms with Crippen molar-refractivity contribution in [1.29, 1.82) is 0 Å². The van der Waals surface area contributed by atoms with Crippen LogP contribution >= 0.6 is 0 Å². The Labute approximate surface area is 103 Å². The first kappa shape index (κ1) is 12.6. The minimum absolute atomic E-state index is 0.171. The highest BCUT2D eigenvalue weighted by Gasteiger charge is 2.36. The van der Waals surface area contributed by atoms with Gasteiger partial charge in [-0.25, -0.2) is 4.39 Å². The van der Waals surface area contributed by atoms with Crippen LogP contribution in [0.25, 0.3) is 0 Å². The molecule has 2 heteroatoms. The van der Waals surface area contributed by atoms with Crippen molar-refractivity contribution in [1.82, 2.24) is 0 Å². The van der Waals surface area contributed by atoms with Crippen LogP contribution in [0.4, 0.5) is 4.39 Å². The maximum Gasteiger partial charge on any atom is 0.128 e. The number of nitrogens with two attached hydrogens (primary N) is 1. The molecule has 0 saturated heterocycles. The highest BCUT2D eigenvalue weighted by molar-refractivity contribution is 5.26. The van der Waals surface area contributed by atoms with E-state index in [4.69, 9.17) is 5.73 Å². The standard InChI is InChI=1S/C15H22FN/c1-11-6-5-7-12(10-11)15(2,17)13-8-3-4-9-14(13)16/h3-4,8-9,11-12H,5-7,10,17H2,1-2H3. The number of hydrogen-bond donors (Lipinski definition) is 1. The molecule has 1 fully saturated rings. The Morgan fingerprint density at radius 1 is 1.29 bits per heavy atom. The molecule has 94 valence electrons. The van der Waals surface area contributed by atoms with E-state index in [1.807, 2.05) is 19.1 Å². The Balaban J connectivity index is 2.26. The van der Waals surface area contributed by atoms with Crippen LogP contribution in [0.1, 0.15) is 45.1 Å². The topological polar surface area (TPSA) is 26.0 Å². The van der Waals surface area contributed by atoms with Crippen LogP contribution in [-0.2, 0) is 5.54 Å². The van der Waals surface area contributed by atoms with Crippen molar-refractivity contribution in [3.05, 3.63) is 35.6 Å². The largest absolute Gasteiger partial charge is 0.321 e. The predicted octanol–water partition coefficient (Wildman–Crippen LogP) is 3.83. The average Bonchev–Trinajstić information content (AvgIpc) is 2.29. The number of halogens is 1. The van der Waals surface area contributed by atoms with E-state index in [1.54, 1.807) is 6.07 Å². The second kappa shape index (κ2) is 4.77. The minimum atomic E-state index is -0.542. The first-order chi connectivity index (χ1) is 8.01. The van der Waals surface area contributed by atoms with Crippen molar-refractivity contribution in [2.24, 2.45) is 17.6 Å². The SMILES string of the molecule is CC1CCCC(C(C)(N)c2ccccc2F)C1. The Morgan fingerprint density at radius 3 is 2.65 bits per heavy atom. The third-order valence-electron chi connectivity index (χ3n) is 4.24. The number of benzene rings is 1. The average molecular weight is 235 g/mol. The summed E-state index contributed by atoms with van der Waals surface area (Å²) in [6, 6.07) is 6.93. The molecule has 1 aromatic carbocycles. The molecule has 0 heterocycles. The van der Waals surface area contributed by atoms with E-state index in [0.29, 0.717) is 17.4 Å². The lowest BCUT2D eigenvalue weighted by Gasteiger charge is -2.39. The highest BCUT2D eigenvalue weighted by atomic mass is 19.1. The van der Waals surface area contributed by atoms with E-state index in [2.05, 4.69) is 6.92 Å². The van der Waals surface area contributed by atoms with E-state index in [-0.39, 0.29) is 5.82 Å². The fourth-order valence-electron chi connectivity index (χ4n) is 3.10. The summed E-state index contributed by atoms with van der Waals surface area (Å²) in [5.41, 5.74) is 6.56. The summed E-state index contributed by atoms with van der Waals surface area (Å²) in [7, 11) is 0. The first-order valence-corrected chi connectivity index (χ1v) is 6.55. The molecule has 2 rings (SSSR count). The van der Waals surface area contributed by atoms with E-state index in [0.717, 1.165) is 12.8 Å². The highest BCUT2D eigenvalue weighted by Crippen LogP contribution is 2.40. The first-order valence-electron chi connectivity index (χ1n) is 6.55. The maximum atomic E-state index is 13.9. The zero-order valence-electron chi connectivity index (χ0n) is 10.7. The van der Waals surface area contributed by atoms with Crippen molar-refractivity contribution in [3.8, 4) is 0 Å². The van der Waals surface area contributed by atoms with E-state index < -0.39 is 5.54 Å². The van der Waals surface area contributed by atoms with Gasteiger partial charge in [-0.1, -0.05) is 38.0 Å². The van der Waals surface area contributed by atoms with Crippen molar-refractivity contribution in [2.45, 2.75) is 45.1 Å². The molecule has 3 unspecified atom stereocenters. The zero-order chi connectivity index (χ0) is 12.5. The van der Waals surface area contributed by atoms with Crippen LogP contribution in [0.3, 0.4) is 0 Å². The molecule has 1 aliphatic rings. The zero-order valence-corrected chi connectivity index (χ0v) is 10.7. The lowest BCUT2D eigenvalue weighted by Crippen LogP contribution is -2.43. The molecule has 0 aromatic heterocycles. The molecule has 1 saturated carbocycles. The summed E-state index contributed by atoms with van der Waals surface area (Å²) in [5, 5.41) is 0. The van der Waals surface area contributed by atoms with Gasteiger partial charge in [-0.05, 0) is 37.7 Å².